The van der Waals surface area contributed by atoms with Crippen LogP contribution < -0.4 is 4.74 Å². The lowest BCUT2D eigenvalue weighted by Crippen LogP contribution is -2.49. The number of nitrogens with zero attached hydrogens (tertiary/aromatic N) is 2. The van der Waals surface area contributed by atoms with Gasteiger partial charge in [0.25, 0.3) is 0 Å². The minimum atomic E-state index is -4.63. The number of carbonyl (C=O) groups is 2. The number of carboxylic acids is 1. The first-order valence-electron chi connectivity index (χ1n) is 14.6. The Bertz CT molecular complexity index is 1300. The third-order valence-corrected chi connectivity index (χ3v) is 8.50. The Morgan fingerprint density at radius 2 is 1.79 bits per heavy atom. The van der Waals surface area contributed by atoms with Gasteiger partial charge in [-0.25, -0.2) is 9.78 Å². The fourth-order valence-corrected chi connectivity index (χ4v) is 6.50. The van der Waals surface area contributed by atoms with Crippen LogP contribution in [0, 0.1) is 17.3 Å². The van der Waals surface area contributed by atoms with Crippen LogP contribution in [-0.4, -0.2) is 59.3 Å². The SMILES string of the molecule is COc1ncc(C(F)(F)F)cc1CO[C@H]1[C@H](C(C)(C)C)[C@@H](C(=O)O)N(C(=O)C2CCOCC2)[C@H]1c1ccccc1C(C)C. The number of rotatable bonds is 8. The summed E-state index contributed by atoms with van der Waals surface area (Å²) in [7, 11) is 1.31. The number of aliphatic carboxylic acids is 1. The summed E-state index contributed by atoms with van der Waals surface area (Å²) in [5, 5.41) is 10.7. The van der Waals surface area contributed by atoms with Gasteiger partial charge in [-0.2, -0.15) is 13.2 Å². The van der Waals surface area contributed by atoms with Crippen molar-refractivity contribution >= 4 is 11.9 Å². The number of benzene rings is 1. The summed E-state index contributed by atoms with van der Waals surface area (Å²) < 4.78 is 58.0. The highest BCUT2D eigenvalue weighted by molar-refractivity contribution is 5.87. The van der Waals surface area contributed by atoms with Crippen molar-refractivity contribution in [2.24, 2.45) is 17.3 Å². The van der Waals surface area contributed by atoms with Gasteiger partial charge in [0.2, 0.25) is 11.8 Å². The second kappa shape index (κ2) is 12.8. The molecule has 4 rings (SSSR count). The summed E-state index contributed by atoms with van der Waals surface area (Å²) in [6.07, 6.45) is -3.86. The second-order valence-corrected chi connectivity index (χ2v) is 12.7. The van der Waals surface area contributed by atoms with Crippen LogP contribution >= 0.6 is 0 Å². The van der Waals surface area contributed by atoms with E-state index in [4.69, 9.17) is 14.2 Å². The van der Waals surface area contributed by atoms with E-state index >= 15 is 0 Å². The van der Waals surface area contributed by atoms with Gasteiger partial charge in [0.1, 0.15) is 6.04 Å². The first kappa shape index (κ1) is 32.7. The van der Waals surface area contributed by atoms with Gasteiger partial charge in [0.05, 0.1) is 31.4 Å². The van der Waals surface area contributed by atoms with Gasteiger partial charge < -0.3 is 24.2 Å². The molecule has 0 aliphatic carbocycles. The normalized spacial score (nSPS) is 23.5. The molecule has 2 aliphatic rings. The van der Waals surface area contributed by atoms with Gasteiger partial charge in [-0.3, -0.25) is 4.79 Å². The molecule has 1 amide bonds. The monoisotopic (exact) mass is 606 g/mol. The molecule has 2 aromatic rings. The maximum atomic E-state index is 14.3. The molecule has 2 fully saturated rings. The van der Waals surface area contributed by atoms with Crippen molar-refractivity contribution < 1.29 is 42.1 Å². The number of aromatic nitrogens is 1. The number of amides is 1. The lowest BCUT2D eigenvalue weighted by Gasteiger charge is -2.36. The molecule has 0 spiro atoms. The fraction of sp³-hybridized carbons (Fsp3) is 0.594. The van der Waals surface area contributed by atoms with E-state index in [0.29, 0.717) is 32.3 Å². The van der Waals surface area contributed by atoms with Crippen LogP contribution in [0.1, 0.15) is 81.7 Å². The summed E-state index contributed by atoms with van der Waals surface area (Å²) in [6.45, 7) is 10.2. The Kier molecular flexibility index (Phi) is 9.76. The highest BCUT2D eigenvalue weighted by atomic mass is 19.4. The first-order chi connectivity index (χ1) is 20.2. The summed E-state index contributed by atoms with van der Waals surface area (Å²) in [6, 6.07) is 6.48. The predicted octanol–water partition coefficient (Wildman–Crippen LogP) is 6.24. The zero-order valence-electron chi connectivity index (χ0n) is 25.5. The number of methoxy groups -OCH3 is 1. The molecule has 0 bridgehead atoms. The molecule has 3 heterocycles. The Morgan fingerprint density at radius 1 is 1.14 bits per heavy atom. The lowest BCUT2D eigenvalue weighted by atomic mass is 9.73. The van der Waals surface area contributed by atoms with E-state index < -0.39 is 53.1 Å². The van der Waals surface area contributed by atoms with E-state index in [2.05, 4.69) is 4.98 Å². The van der Waals surface area contributed by atoms with Crippen LogP contribution in [0.4, 0.5) is 13.2 Å². The van der Waals surface area contributed by atoms with E-state index in [1.54, 1.807) is 0 Å². The Morgan fingerprint density at radius 3 is 2.35 bits per heavy atom. The first-order valence-corrected chi connectivity index (χ1v) is 14.6. The van der Waals surface area contributed by atoms with Crippen LogP contribution in [-0.2, 0) is 31.8 Å². The third kappa shape index (κ3) is 6.82. The number of alkyl halides is 3. The van der Waals surface area contributed by atoms with Crippen molar-refractivity contribution in [1.82, 2.24) is 9.88 Å². The van der Waals surface area contributed by atoms with E-state index in [1.807, 2.05) is 58.9 Å². The van der Waals surface area contributed by atoms with E-state index in [1.165, 1.54) is 12.0 Å². The number of pyridine rings is 1. The summed E-state index contributed by atoms with van der Waals surface area (Å²) in [4.78, 5) is 32.8. The van der Waals surface area contributed by atoms with Gasteiger partial charge in [0.15, 0.2) is 0 Å². The molecule has 1 aromatic carbocycles. The molecular formula is C32H41F3N2O6. The van der Waals surface area contributed by atoms with Crippen molar-refractivity contribution in [2.75, 3.05) is 20.3 Å². The molecule has 0 saturated carbocycles. The number of likely N-dealkylation sites (tertiary alicyclic amines) is 1. The maximum Gasteiger partial charge on any atom is 0.417 e. The highest BCUT2D eigenvalue weighted by Gasteiger charge is 2.59. The molecule has 1 N–H and O–H groups in total. The van der Waals surface area contributed by atoms with Crippen molar-refractivity contribution in [1.29, 1.82) is 0 Å². The third-order valence-electron chi connectivity index (χ3n) is 8.50. The quantitative estimate of drug-likeness (QED) is 0.380. The smallest absolute Gasteiger partial charge is 0.417 e. The van der Waals surface area contributed by atoms with Crippen molar-refractivity contribution in [3.05, 3.63) is 58.8 Å². The maximum absolute atomic E-state index is 14.3. The minimum Gasteiger partial charge on any atom is -0.481 e. The van der Waals surface area contributed by atoms with Crippen LogP contribution in [0.3, 0.4) is 0 Å². The average molecular weight is 607 g/mol. The topological polar surface area (TPSA) is 98.2 Å². The number of ether oxygens (including phenoxy) is 3. The van der Waals surface area contributed by atoms with Crippen LogP contribution in [0.5, 0.6) is 5.88 Å². The summed E-state index contributed by atoms with van der Waals surface area (Å²) in [5.41, 5.74) is 0.145. The molecule has 236 valence electrons. The molecule has 8 nitrogen and oxygen atoms in total. The Labute approximate surface area is 250 Å². The molecule has 11 heteroatoms. The summed E-state index contributed by atoms with van der Waals surface area (Å²) >= 11 is 0. The van der Waals surface area contributed by atoms with Gasteiger partial charge in [-0.1, -0.05) is 58.9 Å². The molecule has 0 unspecified atom stereocenters. The molecular weight excluding hydrogens is 565 g/mol. The molecule has 4 atom stereocenters. The second-order valence-electron chi connectivity index (χ2n) is 12.7. The number of carboxylic acid groups (broad SMARTS) is 1. The predicted molar refractivity (Wildman–Crippen MR) is 152 cm³/mol. The Hall–Kier alpha value is -3.18. The number of hydrogen-bond donors (Lipinski definition) is 1. The number of hydrogen-bond acceptors (Lipinski definition) is 6. The van der Waals surface area contributed by atoms with E-state index in [9.17, 15) is 27.9 Å². The molecule has 2 aliphatic heterocycles. The van der Waals surface area contributed by atoms with Gasteiger partial charge >= 0.3 is 12.1 Å². The standard InChI is InChI=1S/C32H41F3N2O6/c1-18(2)22-9-7-8-10-23(22)25-27(43-17-20-15-21(32(33,34)35)16-36-28(20)41-6)24(31(3,4)5)26(30(39)40)37(25)29(38)19-11-13-42-14-12-19/h7-10,15-16,18-19,24-27H,11-14,17H2,1-6H3,(H,39,40)/t24-,25+,26+,27+/m1/s1. The van der Waals surface area contributed by atoms with Crippen LogP contribution in [0.2, 0.25) is 0 Å². The molecule has 0 radical (unpaired) electrons. The van der Waals surface area contributed by atoms with E-state index in [-0.39, 0.29) is 29.9 Å². The van der Waals surface area contributed by atoms with Gasteiger partial charge in [-0.15, -0.1) is 0 Å². The highest BCUT2D eigenvalue weighted by Crippen LogP contribution is 2.51. The van der Waals surface area contributed by atoms with Crippen LogP contribution in [0.15, 0.2) is 36.5 Å². The van der Waals surface area contributed by atoms with Crippen molar-refractivity contribution in [3.8, 4) is 5.88 Å². The largest absolute Gasteiger partial charge is 0.481 e. The van der Waals surface area contributed by atoms with Gasteiger partial charge in [0, 0.05) is 36.8 Å². The summed E-state index contributed by atoms with van der Waals surface area (Å²) in [5.74, 6) is -2.54. The fourth-order valence-electron chi connectivity index (χ4n) is 6.50. The zero-order valence-corrected chi connectivity index (χ0v) is 25.5. The van der Waals surface area contributed by atoms with Gasteiger partial charge in [-0.05, 0) is 41.4 Å². The molecule has 2 saturated heterocycles. The van der Waals surface area contributed by atoms with Crippen molar-refractivity contribution in [2.45, 2.75) is 84.3 Å². The number of carbonyl (C=O) groups excluding carboxylic acids is 1. The lowest BCUT2D eigenvalue weighted by molar-refractivity contribution is -0.155. The van der Waals surface area contributed by atoms with E-state index in [0.717, 1.165) is 17.2 Å². The number of halogens is 3. The average Bonchev–Trinajstić information content (AvgIpc) is 3.31. The van der Waals surface area contributed by atoms with Crippen molar-refractivity contribution in [3.63, 3.8) is 0 Å². The Balaban J connectivity index is 1.89. The molecule has 43 heavy (non-hydrogen) atoms. The minimum absolute atomic E-state index is 0.0256. The molecule has 1 aromatic heterocycles. The van der Waals surface area contributed by atoms with Crippen LogP contribution in [0.25, 0.3) is 0 Å². The zero-order chi connectivity index (χ0) is 31.7.